The van der Waals surface area contributed by atoms with Gasteiger partial charge in [0.05, 0.1) is 19.0 Å². The third-order valence-electron chi connectivity index (χ3n) is 3.92. The van der Waals surface area contributed by atoms with Crippen molar-refractivity contribution in [2.45, 2.75) is 6.42 Å². The fraction of sp³-hybridized carbons (Fsp3) is 0.143. The second-order valence-corrected chi connectivity index (χ2v) is 5.78. The monoisotopic (exact) mass is 347 g/mol. The predicted octanol–water partition coefficient (Wildman–Crippen LogP) is 3.81. The van der Waals surface area contributed by atoms with Crippen LogP contribution in [0.4, 0.5) is 11.4 Å². The molecule has 0 spiro atoms. The second kappa shape index (κ2) is 8.67. The Morgan fingerprint density at radius 2 is 1.69 bits per heavy atom. The molecule has 0 bridgehead atoms. The number of carbonyl (C=O) groups excluding carboxylic acids is 1. The quantitative estimate of drug-likeness (QED) is 0.682. The normalized spacial score (nSPS) is 10.2. The maximum atomic E-state index is 12.2. The highest BCUT2D eigenvalue weighted by atomic mass is 16.5. The van der Waals surface area contributed by atoms with Crippen molar-refractivity contribution in [3.8, 4) is 5.75 Å². The largest absolute Gasteiger partial charge is 0.497 e. The number of carbonyl (C=O) groups is 1. The Labute approximate surface area is 153 Å². The van der Waals surface area contributed by atoms with Gasteiger partial charge in [0, 0.05) is 12.2 Å². The van der Waals surface area contributed by atoms with Crippen LogP contribution in [0.2, 0.25) is 0 Å². The first-order chi connectivity index (χ1) is 12.7. The Hall–Kier alpha value is -3.34. The van der Waals surface area contributed by atoms with Crippen LogP contribution in [0.1, 0.15) is 16.1 Å². The highest BCUT2D eigenvalue weighted by Gasteiger charge is 2.06. The van der Waals surface area contributed by atoms with E-state index in [1.807, 2.05) is 60.7 Å². The number of methoxy groups -OCH3 is 1. The lowest BCUT2D eigenvalue weighted by atomic mass is 10.1. The predicted molar refractivity (Wildman–Crippen MR) is 103 cm³/mol. The molecule has 0 aliphatic rings. The van der Waals surface area contributed by atoms with Gasteiger partial charge in [0.25, 0.3) is 5.91 Å². The summed E-state index contributed by atoms with van der Waals surface area (Å²) in [6.07, 6.45) is 2.44. The smallest absolute Gasteiger partial charge is 0.269 e. The van der Waals surface area contributed by atoms with Crippen LogP contribution in [0.15, 0.2) is 72.9 Å². The first-order valence-corrected chi connectivity index (χ1v) is 8.44. The van der Waals surface area contributed by atoms with Gasteiger partial charge in [-0.05, 0) is 48.4 Å². The Balaban J connectivity index is 1.52. The van der Waals surface area contributed by atoms with Crippen molar-refractivity contribution in [1.29, 1.82) is 0 Å². The maximum Gasteiger partial charge on any atom is 0.269 e. The van der Waals surface area contributed by atoms with Gasteiger partial charge in [-0.2, -0.15) is 0 Å². The number of benzene rings is 2. The standard InChI is InChI=1S/C21H21N3O2/c1-26-19-10-7-17(8-11-19)24-18-9-12-20(23-15-18)21(25)22-14-13-16-5-3-2-4-6-16/h2-12,15,24H,13-14H2,1H3,(H,22,25). The highest BCUT2D eigenvalue weighted by molar-refractivity contribution is 5.92. The molecule has 132 valence electrons. The van der Waals surface area contributed by atoms with Gasteiger partial charge in [-0.1, -0.05) is 30.3 Å². The molecule has 0 saturated carbocycles. The van der Waals surface area contributed by atoms with Gasteiger partial charge in [-0.3, -0.25) is 4.79 Å². The van der Waals surface area contributed by atoms with Gasteiger partial charge < -0.3 is 15.4 Å². The van der Waals surface area contributed by atoms with E-state index in [4.69, 9.17) is 4.74 Å². The molecule has 0 aliphatic carbocycles. The minimum atomic E-state index is -0.170. The molecule has 0 fully saturated rings. The van der Waals surface area contributed by atoms with Gasteiger partial charge in [0.15, 0.2) is 0 Å². The zero-order valence-electron chi connectivity index (χ0n) is 14.6. The van der Waals surface area contributed by atoms with E-state index in [0.29, 0.717) is 12.2 Å². The van der Waals surface area contributed by atoms with E-state index in [9.17, 15) is 4.79 Å². The second-order valence-electron chi connectivity index (χ2n) is 5.78. The minimum absolute atomic E-state index is 0.170. The number of hydrogen-bond donors (Lipinski definition) is 2. The Kier molecular flexibility index (Phi) is 5.83. The summed E-state index contributed by atoms with van der Waals surface area (Å²) in [7, 11) is 1.63. The van der Waals surface area contributed by atoms with Crippen LogP contribution in [0.5, 0.6) is 5.75 Å². The molecule has 0 aliphatic heterocycles. The summed E-state index contributed by atoms with van der Waals surface area (Å²) in [6, 6.07) is 21.2. The molecule has 0 saturated heterocycles. The van der Waals surface area contributed by atoms with E-state index in [1.54, 1.807) is 19.4 Å². The van der Waals surface area contributed by atoms with E-state index in [1.165, 1.54) is 5.56 Å². The van der Waals surface area contributed by atoms with Gasteiger partial charge in [-0.25, -0.2) is 4.98 Å². The molecule has 0 atom stereocenters. The minimum Gasteiger partial charge on any atom is -0.497 e. The fourth-order valence-electron chi connectivity index (χ4n) is 2.50. The zero-order valence-corrected chi connectivity index (χ0v) is 14.6. The van der Waals surface area contributed by atoms with E-state index < -0.39 is 0 Å². The summed E-state index contributed by atoms with van der Waals surface area (Å²) in [4.78, 5) is 16.4. The van der Waals surface area contributed by atoms with Crippen LogP contribution in [-0.2, 0) is 6.42 Å². The summed E-state index contributed by atoms with van der Waals surface area (Å²) in [5, 5.41) is 6.13. The van der Waals surface area contributed by atoms with Crippen molar-refractivity contribution in [3.63, 3.8) is 0 Å². The van der Waals surface area contributed by atoms with E-state index >= 15 is 0 Å². The molecule has 1 aromatic heterocycles. The third kappa shape index (κ3) is 4.83. The molecule has 2 aromatic carbocycles. The van der Waals surface area contributed by atoms with Crippen molar-refractivity contribution < 1.29 is 9.53 Å². The van der Waals surface area contributed by atoms with Crippen LogP contribution in [0.3, 0.4) is 0 Å². The van der Waals surface area contributed by atoms with Crippen LogP contribution < -0.4 is 15.4 Å². The molecule has 26 heavy (non-hydrogen) atoms. The molecule has 1 heterocycles. The van der Waals surface area contributed by atoms with Crippen molar-refractivity contribution in [2.24, 2.45) is 0 Å². The number of nitrogens with zero attached hydrogens (tertiary/aromatic N) is 1. The maximum absolute atomic E-state index is 12.2. The van der Waals surface area contributed by atoms with Crippen molar-refractivity contribution in [3.05, 3.63) is 84.2 Å². The number of pyridine rings is 1. The average molecular weight is 347 g/mol. The summed E-state index contributed by atoms with van der Waals surface area (Å²) < 4.78 is 5.14. The van der Waals surface area contributed by atoms with Crippen LogP contribution in [-0.4, -0.2) is 24.5 Å². The van der Waals surface area contributed by atoms with Gasteiger partial charge in [-0.15, -0.1) is 0 Å². The topological polar surface area (TPSA) is 63.2 Å². The summed E-state index contributed by atoms with van der Waals surface area (Å²) in [5.41, 5.74) is 3.34. The van der Waals surface area contributed by atoms with Gasteiger partial charge >= 0.3 is 0 Å². The molecule has 3 aromatic rings. The molecule has 1 amide bonds. The molecule has 5 heteroatoms. The summed E-state index contributed by atoms with van der Waals surface area (Å²) in [5.74, 6) is 0.633. The van der Waals surface area contributed by atoms with Crippen molar-refractivity contribution in [1.82, 2.24) is 10.3 Å². The molecule has 0 unspecified atom stereocenters. The first-order valence-electron chi connectivity index (χ1n) is 8.44. The van der Waals surface area contributed by atoms with Crippen LogP contribution in [0, 0.1) is 0 Å². The number of amides is 1. The third-order valence-corrected chi connectivity index (χ3v) is 3.92. The molecular weight excluding hydrogens is 326 g/mol. The molecular formula is C21H21N3O2. The molecule has 3 rings (SSSR count). The van der Waals surface area contributed by atoms with Gasteiger partial charge in [0.1, 0.15) is 11.4 Å². The number of nitrogens with one attached hydrogen (secondary N) is 2. The number of hydrogen-bond acceptors (Lipinski definition) is 4. The summed E-state index contributed by atoms with van der Waals surface area (Å²) >= 11 is 0. The molecule has 5 nitrogen and oxygen atoms in total. The van der Waals surface area contributed by atoms with E-state index in [-0.39, 0.29) is 5.91 Å². The number of ether oxygens (including phenoxy) is 1. The van der Waals surface area contributed by atoms with Gasteiger partial charge in [0.2, 0.25) is 0 Å². The molecule has 2 N–H and O–H groups in total. The van der Waals surface area contributed by atoms with Crippen LogP contribution >= 0.6 is 0 Å². The lowest BCUT2D eigenvalue weighted by Gasteiger charge is -2.08. The lowest BCUT2D eigenvalue weighted by Crippen LogP contribution is -2.26. The SMILES string of the molecule is COc1ccc(Nc2ccc(C(=O)NCCc3ccccc3)nc2)cc1. The van der Waals surface area contributed by atoms with E-state index in [0.717, 1.165) is 23.5 Å². The number of aromatic nitrogens is 1. The summed E-state index contributed by atoms with van der Waals surface area (Å²) in [6.45, 7) is 0.580. The Morgan fingerprint density at radius 3 is 2.35 bits per heavy atom. The van der Waals surface area contributed by atoms with E-state index in [2.05, 4.69) is 15.6 Å². The van der Waals surface area contributed by atoms with Crippen molar-refractivity contribution >= 4 is 17.3 Å². The highest BCUT2D eigenvalue weighted by Crippen LogP contribution is 2.19. The fourth-order valence-corrected chi connectivity index (χ4v) is 2.50. The number of rotatable bonds is 7. The lowest BCUT2D eigenvalue weighted by molar-refractivity contribution is 0.0949. The Bertz CT molecular complexity index is 831. The number of anilines is 2. The molecule has 0 radical (unpaired) electrons. The zero-order chi connectivity index (χ0) is 18.2. The first kappa shape index (κ1) is 17.5. The Morgan fingerprint density at radius 1 is 0.962 bits per heavy atom. The average Bonchev–Trinajstić information content (AvgIpc) is 2.70. The van der Waals surface area contributed by atoms with Crippen LogP contribution in [0.25, 0.3) is 0 Å². The van der Waals surface area contributed by atoms with Crippen molar-refractivity contribution in [2.75, 3.05) is 19.0 Å².